The highest BCUT2D eigenvalue weighted by Gasteiger charge is 2.53. The third-order valence-corrected chi connectivity index (χ3v) is 5.01. The third-order valence-electron chi connectivity index (χ3n) is 5.01. The minimum atomic E-state index is -0.162. The molecule has 94 valence electrons. The highest BCUT2D eigenvalue weighted by molar-refractivity contribution is 5.42. The van der Waals surface area contributed by atoms with Gasteiger partial charge in [0, 0.05) is 0 Å². The van der Waals surface area contributed by atoms with Crippen LogP contribution in [-0.4, -0.2) is 0 Å². The maximum absolute atomic E-state index is 9.35. The molecule has 0 spiro atoms. The first-order valence-corrected chi connectivity index (χ1v) is 7.28. The van der Waals surface area contributed by atoms with Crippen LogP contribution in [0.3, 0.4) is 0 Å². The van der Waals surface area contributed by atoms with Gasteiger partial charge >= 0.3 is 0 Å². The van der Waals surface area contributed by atoms with Gasteiger partial charge in [-0.15, -0.1) is 0 Å². The monoisotopic (exact) mass is 239 g/mol. The van der Waals surface area contributed by atoms with Crippen LogP contribution in [0.25, 0.3) is 0 Å². The van der Waals surface area contributed by atoms with Gasteiger partial charge in [0.1, 0.15) is 0 Å². The van der Waals surface area contributed by atoms with E-state index in [1.54, 1.807) is 0 Å². The summed E-state index contributed by atoms with van der Waals surface area (Å²) in [6, 6.07) is 11.5. The SMILES string of the molecule is CC1CC1(C#N)c1ccc(C2CCCCC2)cc1. The molecular weight excluding hydrogens is 218 g/mol. The van der Waals surface area contributed by atoms with Gasteiger partial charge in [-0.05, 0) is 42.2 Å². The standard InChI is InChI=1S/C17H21N/c1-13-11-17(13,12-18)16-9-7-15(8-10-16)14-5-3-2-4-6-14/h7-10,13-14H,2-6,11H2,1H3. The average Bonchev–Trinajstić information content (AvgIpc) is 3.12. The molecule has 3 rings (SSSR count). The molecule has 0 amide bonds. The van der Waals surface area contributed by atoms with Crippen molar-refractivity contribution in [3.63, 3.8) is 0 Å². The maximum atomic E-state index is 9.35. The van der Waals surface area contributed by atoms with Gasteiger partial charge in [0.2, 0.25) is 0 Å². The lowest BCUT2D eigenvalue weighted by molar-refractivity contribution is 0.443. The van der Waals surface area contributed by atoms with E-state index in [0.717, 1.165) is 12.3 Å². The van der Waals surface area contributed by atoms with Crippen molar-refractivity contribution in [1.82, 2.24) is 0 Å². The van der Waals surface area contributed by atoms with Crippen LogP contribution in [0.15, 0.2) is 24.3 Å². The highest BCUT2D eigenvalue weighted by atomic mass is 14.6. The van der Waals surface area contributed by atoms with E-state index in [0.29, 0.717) is 5.92 Å². The molecule has 2 aliphatic carbocycles. The van der Waals surface area contributed by atoms with Crippen LogP contribution in [0.2, 0.25) is 0 Å². The van der Waals surface area contributed by atoms with Crippen LogP contribution in [0.4, 0.5) is 0 Å². The van der Waals surface area contributed by atoms with Crippen molar-refractivity contribution in [3.8, 4) is 6.07 Å². The first-order valence-electron chi connectivity index (χ1n) is 7.28. The van der Waals surface area contributed by atoms with Crippen LogP contribution in [0.1, 0.15) is 62.5 Å². The van der Waals surface area contributed by atoms with Crippen molar-refractivity contribution in [3.05, 3.63) is 35.4 Å². The van der Waals surface area contributed by atoms with Crippen LogP contribution in [0, 0.1) is 17.2 Å². The summed E-state index contributed by atoms with van der Waals surface area (Å²) in [4.78, 5) is 0. The Morgan fingerprint density at radius 3 is 2.22 bits per heavy atom. The van der Waals surface area contributed by atoms with E-state index in [9.17, 15) is 5.26 Å². The predicted octanol–water partition coefficient (Wildman–Crippen LogP) is 4.54. The number of rotatable bonds is 2. The quantitative estimate of drug-likeness (QED) is 0.743. The Morgan fingerprint density at radius 1 is 1.11 bits per heavy atom. The van der Waals surface area contributed by atoms with Crippen LogP contribution >= 0.6 is 0 Å². The van der Waals surface area contributed by atoms with Crippen LogP contribution < -0.4 is 0 Å². The zero-order chi connectivity index (χ0) is 12.6. The Labute approximate surface area is 110 Å². The van der Waals surface area contributed by atoms with Crippen molar-refractivity contribution in [2.24, 2.45) is 5.92 Å². The fourth-order valence-corrected chi connectivity index (χ4v) is 3.54. The van der Waals surface area contributed by atoms with Gasteiger partial charge in [0.25, 0.3) is 0 Å². The van der Waals surface area contributed by atoms with Gasteiger partial charge in [-0.1, -0.05) is 50.5 Å². The number of nitriles is 1. The normalized spacial score (nSPS) is 31.9. The molecule has 1 nitrogen and oxygen atoms in total. The molecule has 1 aromatic rings. The molecule has 2 fully saturated rings. The Bertz CT molecular complexity index is 461. The molecule has 0 bridgehead atoms. The molecule has 0 heterocycles. The Morgan fingerprint density at radius 2 is 1.72 bits per heavy atom. The van der Waals surface area contributed by atoms with E-state index >= 15 is 0 Å². The van der Waals surface area contributed by atoms with E-state index < -0.39 is 0 Å². The lowest BCUT2D eigenvalue weighted by Gasteiger charge is -2.22. The highest BCUT2D eigenvalue weighted by Crippen LogP contribution is 2.53. The van der Waals surface area contributed by atoms with E-state index in [1.807, 2.05) is 0 Å². The van der Waals surface area contributed by atoms with Crippen molar-refractivity contribution in [1.29, 1.82) is 5.26 Å². The summed E-state index contributed by atoms with van der Waals surface area (Å²) in [5.41, 5.74) is 2.56. The summed E-state index contributed by atoms with van der Waals surface area (Å²) in [6.07, 6.45) is 7.89. The van der Waals surface area contributed by atoms with Gasteiger partial charge in [-0.25, -0.2) is 0 Å². The molecule has 2 atom stereocenters. The fraction of sp³-hybridized carbons (Fsp3) is 0.588. The van der Waals surface area contributed by atoms with Crippen molar-refractivity contribution >= 4 is 0 Å². The van der Waals surface area contributed by atoms with Gasteiger partial charge < -0.3 is 0 Å². The Hall–Kier alpha value is -1.29. The lowest BCUT2D eigenvalue weighted by Crippen LogP contribution is -2.08. The van der Waals surface area contributed by atoms with Gasteiger partial charge in [0.05, 0.1) is 11.5 Å². The summed E-state index contributed by atoms with van der Waals surface area (Å²) in [7, 11) is 0. The topological polar surface area (TPSA) is 23.8 Å². The summed E-state index contributed by atoms with van der Waals surface area (Å²) >= 11 is 0. The second-order valence-electron chi connectivity index (χ2n) is 6.15. The first kappa shape index (κ1) is 11.8. The molecule has 0 radical (unpaired) electrons. The van der Waals surface area contributed by atoms with E-state index in [1.165, 1.54) is 43.2 Å². The number of hydrogen-bond acceptors (Lipinski definition) is 1. The summed E-state index contributed by atoms with van der Waals surface area (Å²) in [6.45, 7) is 2.18. The van der Waals surface area contributed by atoms with Gasteiger partial charge in [0.15, 0.2) is 0 Å². The number of nitrogens with zero attached hydrogens (tertiary/aromatic N) is 1. The van der Waals surface area contributed by atoms with E-state index in [4.69, 9.17) is 0 Å². The molecule has 2 unspecified atom stereocenters. The largest absolute Gasteiger partial charge is 0.197 e. The maximum Gasteiger partial charge on any atom is 0.0851 e. The Balaban J connectivity index is 1.79. The lowest BCUT2D eigenvalue weighted by atomic mass is 9.83. The number of hydrogen-bond donors (Lipinski definition) is 0. The zero-order valence-electron chi connectivity index (χ0n) is 11.2. The molecule has 1 aromatic carbocycles. The first-order chi connectivity index (χ1) is 8.76. The van der Waals surface area contributed by atoms with Crippen molar-refractivity contribution in [2.75, 3.05) is 0 Å². The second-order valence-corrected chi connectivity index (χ2v) is 6.15. The average molecular weight is 239 g/mol. The molecule has 1 heteroatoms. The zero-order valence-corrected chi connectivity index (χ0v) is 11.2. The molecule has 2 aliphatic rings. The second kappa shape index (κ2) is 4.43. The number of benzene rings is 1. The summed E-state index contributed by atoms with van der Waals surface area (Å²) in [5, 5.41) is 9.35. The fourth-order valence-electron chi connectivity index (χ4n) is 3.54. The molecule has 2 saturated carbocycles. The molecule has 18 heavy (non-hydrogen) atoms. The molecular formula is C17H21N. The molecule has 0 saturated heterocycles. The van der Waals surface area contributed by atoms with E-state index in [2.05, 4.69) is 37.3 Å². The van der Waals surface area contributed by atoms with Gasteiger partial charge in [-0.3, -0.25) is 0 Å². The summed E-state index contributed by atoms with van der Waals surface area (Å²) < 4.78 is 0. The molecule has 0 aromatic heterocycles. The van der Waals surface area contributed by atoms with E-state index in [-0.39, 0.29) is 5.41 Å². The molecule has 0 aliphatic heterocycles. The Kier molecular flexibility index (Phi) is 2.90. The minimum absolute atomic E-state index is 0.162. The van der Waals surface area contributed by atoms with Crippen molar-refractivity contribution < 1.29 is 0 Å². The van der Waals surface area contributed by atoms with Crippen LogP contribution in [-0.2, 0) is 5.41 Å². The summed E-state index contributed by atoms with van der Waals surface area (Å²) in [5.74, 6) is 1.30. The van der Waals surface area contributed by atoms with Crippen LogP contribution in [0.5, 0.6) is 0 Å². The smallest absolute Gasteiger partial charge is 0.0851 e. The van der Waals surface area contributed by atoms with Crippen molar-refractivity contribution in [2.45, 2.75) is 56.8 Å². The predicted molar refractivity (Wildman–Crippen MR) is 73.3 cm³/mol. The minimum Gasteiger partial charge on any atom is -0.197 e. The van der Waals surface area contributed by atoms with Gasteiger partial charge in [-0.2, -0.15) is 5.26 Å². The molecule has 0 N–H and O–H groups in total. The third kappa shape index (κ3) is 1.85.